The lowest BCUT2D eigenvalue weighted by Crippen LogP contribution is -2.37. The molecule has 3 nitrogen and oxygen atoms in total. The molecule has 0 saturated carbocycles. The maximum atomic E-state index is 14.0. The Morgan fingerprint density at radius 2 is 1.85 bits per heavy atom. The van der Waals surface area contributed by atoms with Crippen molar-refractivity contribution < 1.29 is 13.9 Å². The molecule has 148 valence electrons. The van der Waals surface area contributed by atoms with Crippen LogP contribution >= 0.6 is 27.5 Å². The lowest BCUT2D eigenvalue weighted by molar-refractivity contribution is 0.265. The molecule has 0 unspecified atom stereocenters. The predicted molar refractivity (Wildman–Crippen MR) is 112 cm³/mol. The fourth-order valence-corrected chi connectivity index (χ4v) is 3.05. The van der Waals surface area contributed by atoms with Gasteiger partial charge in [-0.25, -0.2) is 4.39 Å². The minimum absolute atomic E-state index is 0.0263. The lowest BCUT2D eigenvalue weighted by atomic mass is 10.0. The molecule has 0 fully saturated rings. The van der Waals surface area contributed by atoms with Crippen LogP contribution in [-0.2, 0) is 13.2 Å². The van der Waals surface area contributed by atoms with E-state index in [0.29, 0.717) is 35.2 Å². The highest BCUT2D eigenvalue weighted by Crippen LogP contribution is 2.35. The van der Waals surface area contributed by atoms with Crippen LogP contribution in [0.5, 0.6) is 11.5 Å². The van der Waals surface area contributed by atoms with Crippen LogP contribution in [0.1, 0.15) is 45.2 Å². The first-order valence-corrected chi connectivity index (χ1v) is 10.2. The minimum atomic E-state index is -0.387. The monoisotopic (exact) mass is 457 g/mol. The van der Waals surface area contributed by atoms with Gasteiger partial charge in [0.2, 0.25) is 0 Å². The zero-order valence-corrected chi connectivity index (χ0v) is 18.5. The lowest BCUT2D eigenvalue weighted by Gasteiger charge is -2.25. The molecule has 0 heterocycles. The molecule has 0 atom stereocenters. The normalized spacial score (nSPS) is 11.5. The Kier molecular flexibility index (Phi) is 7.95. The number of rotatable bonds is 9. The maximum Gasteiger partial charge on any atom is 0.162 e. The zero-order chi connectivity index (χ0) is 20.0. The molecule has 0 saturated heterocycles. The molecular weight excluding hydrogens is 433 g/mol. The van der Waals surface area contributed by atoms with Crippen molar-refractivity contribution in [1.82, 2.24) is 5.32 Å². The van der Waals surface area contributed by atoms with Crippen LogP contribution in [0.15, 0.2) is 34.8 Å². The number of nitrogens with one attached hydrogen (secondary N) is 1. The quantitative estimate of drug-likeness (QED) is 0.465. The molecule has 27 heavy (non-hydrogen) atoms. The highest BCUT2D eigenvalue weighted by atomic mass is 79.9. The summed E-state index contributed by atoms with van der Waals surface area (Å²) >= 11 is 9.68. The van der Waals surface area contributed by atoms with Gasteiger partial charge in [0.05, 0.1) is 11.6 Å². The minimum Gasteiger partial charge on any atom is -0.490 e. The summed E-state index contributed by atoms with van der Waals surface area (Å²) in [7, 11) is 0. The summed E-state index contributed by atoms with van der Waals surface area (Å²) in [4.78, 5) is 0. The largest absolute Gasteiger partial charge is 0.490 e. The van der Waals surface area contributed by atoms with Crippen molar-refractivity contribution in [2.75, 3.05) is 6.61 Å². The van der Waals surface area contributed by atoms with E-state index in [1.807, 2.05) is 19.1 Å². The summed E-state index contributed by atoms with van der Waals surface area (Å²) in [5.74, 6) is 0.781. The van der Waals surface area contributed by atoms with E-state index < -0.39 is 0 Å². The third-order valence-corrected chi connectivity index (χ3v) is 5.58. The SMILES string of the molecule is CCOc1cc(CNC(C)(C)CC)c(Br)cc1OCc1c(F)cccc1Cl. The summed E-state index contributed by atoms with van der Waals surface area (Å²) in [5.41, 5.74) is 1.44. The Bertz CT molecular complexity index is 763. The molecule has 0 radical (unpaired) electrons. The van der Waals surface area contributed by atoms with E-state index in [-0.39, 0.29) is 18.0 Å². The molecule has 1 N–H and O–H groups in total. The summed E-state index contributed by atoms with van der Waals surface area (Å²) < 4.78 is 26.5. The smallest absolute Gasteiger partial charge is 0.162 e. The average Bonchev–Trinajstić information content (AvgIpc) is 2.62. The predicted octanol–water partition coefficient (Wildman–Crippen LogP) is 6.50. The van der Waals surface area contributed by atoms with Gasteiger partial charge in [-0.15, -0.1) is 0 Å². The first-order valence-electron chi connectivity index (χ1n) is 9.03. The van der Waals surface area contributed by atoms with E-state index in [2.05, 4.69) is 42.0 Å². The van der Waals surface area contributed by atoms with Gasteiger partial charge in [-0.1, -0.05) is 40.5 Å². The highest BCUT2D eigenvalue weighted by molar-refractivity contribution is 9.10. The summed E-state index contributed by atoms with van der Waals surface area (Å²) in [6.07, 6.45) is 1.02. The van der Waals surface area contributed by atoms with Crippen molar-refractivity contribution in [1.29, 1.82) is 0 Å². The van der Waals surface area contributed by atoms with Gasteiger partial charge in [0.1, 0.15) is 12.4 Å². The molecule has 2 aromatic carbocycles. The molecular formula is C21H26BrClFNO2. The molecule has 0 aliphatic carbocycles. The Hall–Kier alpha value is -1.30. The van der Waals surface area contributed by atoms with E-state index >= 15 is 0 Å². The first-order chi connectivity index (χ1) is 12.8. The molecule has 2 aromatic rings. The summed E-state index contributed by atoms with van der Waals surface area (Å²) in [6, 6.07) is 8.39. The van der Waals surface area contributed by atoms with Crippen LogP contribution in [0.25, 0.3) is 0 Å². The highest BCUT2D eigenvalue weighted by Gasteiger charge is 2.17. The van der Waals surface area contributed by atoms with Gasteiger partial charge < -0.3 is 14.8 Å². The number of hydrogen-bond donors (Lipinski definition) is 1. The number of ether oxygens (including phenoxy) is 2. The third kappa shape index (κ3) is 6.09. The molecule has 0 spiro atoms. The molecule has 0 aliphatic rings. The van der Waals surface area contributed by atoms with E-state index in [4.69, 9.17) is 21.1 Å². The van der Waals surface area contributed by atoms with Gasteiger partial charge in [0.25, 0.3) is 0 Å². The molecule has 0 bridgehead atoms. The second-order valence-electron chi connectivity index (χ2n) is 6.90. The van der Waals surface area contributed by atoms with Crippen molar-refractivity contribution in [3.63, 3.8) is 0 Å². The van der Waals surface area contributed by atoms with Crippen molar-refractivity contribution in [3.05, 3.63) is 56.8 Å². The molecule has 2 rings (SSSR count). The number of halogens is 3. The van der Waals surface area contributed by atoms with Gasteiger partial charge in [-0.3, -0.25) is 0 Å². The van der Waals surface area contributed by atoms with Crippen LogP contribution in [-0.4, -0.2) is 12.1 Å². The molecule has 0 aromatic heterocycles. The van der Waals surface area contributed by atoms with E-state index in [9.17, 15) is 4.39 Å². The molecule has 0 aliphatic heterocycles. The average molecular weight is 459 g/mol. The van der Waals surface area contributed by atoms with Crippen molar-refractivity contribution >= 4 is 27.5 Å². The zero-order valence-electron chi connectivity index (χ0n) is 16.2. The summed E-state index contributed by atoms with van der Waals surface area (Å²) in [6.45, 7) is 9.63. The van der Waals surface area contributed by atoms with Crippen molar-refractivity contribution in [2.24, 2.45) is 0 Å². The Labute approximate surface area is 174 Å². The van der Waals surface area contributed by atoms with Gasteiger partial charge in [-0.05, 0) is 57.0 Å². The van der Waals surface area contributed by atoms with Crippen LogP contribution in [0.4, 0.5) is 4.39 Å². The topological polar surface area (TPSA) is 30.5 Å². The van der Waals surface area contributed by atoms with Crippen LogP contribution in [0, 0.1) is 5.82 Å². The fourth-order valence-electron chi connectivity index (χ4n) is 2.37. The van der Waals surface area contributed by atoms with Crippen LogP contribution in [0.2, 0.25) is 5.02 Å². The number of hydrogen-bond acceptors (Lipinski definition) is 3. The van der Waals surface area contributed by atoms with E-state index in [1.165, 1.54) is 6.07 Å². The standard InChI is InChI=1S/C21H26BrClFNO2/c1-5-21(3,4)25-12-14-10-19(26-6-2)20(11-16(14)22)27-13-15-17(23)8-7-9-18(15)24/h7-11,25H,5-6,12-13H2,1-4H3. The van der Waals surface area contributed by atoms with E-state index in [0.717, 1.165) is 16.5 Å². The van der Waals surface area contributed by atoms with Crippen LogP contribution < -0.4 is 14.8 Å². The van der Waals surface area contributed by atoms with E-state index in [1.54, 1.807) is 12.1 Å². The molecule has 0 amide bonds. The Balaban J connectivity index is 2.22. The number of benzene rings is 2. The maximum absolute atomic E-state index is 14.0. The van der Waals surface area contributed by atoms with Gasteiger partial charge >= 0.3 is 0 Å². The van der Waals surface area contributed by atoms with Gasteiger partial charge in [0.15, 0.2) is 11.5 Å². The Morgan fingerprint density at radius 1 is 1.15 bits per heavy atom. The third-order valence-electron chi connectivity index (χ3n) is 4.49. The Morgan fingerprint density at radius 3 is 2.48 bits per heavy atom. The van der Waals surface area contributed by atoms with Crippen molar-refractivity contribution in [2.45, 2.75) is 52.8 Å². The van der Waals surface area contributed by atoms with Gasteiger partial charge in [0, 0.05) is 22.1 Å². The van der Waals surface area contributed by atoms with Crippen LogP contribution in [0.3, 0.4) is 0 Å². The molecule has 6 heteroatoms. The van der Waals surface area contributed by atoms with Gasteiger partial charge in [-0.2, -0.15) is 0 Å². The second kappa shape index (κ2) is 9.76. The first kappa shape index (κ1) is 22.0. The summed E-state index contributed by atoms with van der Waals surface area (Å²) in [5, 5.41) is 3.88. The van der Waals surface area contributed by atoms with Crippen molar-refractivity contribution in [3.8, 4) is 11.5 Å². The fraction of sp³-hybridized carbons (Fsp3) is 0.429. The second-order valence-corrected chi connectivity index (χ2v) is 8.16.